The number of hydrogen-bond donors (Lipinski definition) is 0. The van der Waals surface area contributed by atoms with Gasteiger partial charge in [0.05, 0.1) is 0 Å². The van der Waals surface area contributed by atoms with Gasteiger partial charge < -0.3 is 0 Å². The van der Waals surface area contributed by atoms with Crippen LogP contribution in [0.2, 0.25) is 0 Å². The molecule has 0 atom stereocenters. The predicted molar refractivity (Wildman–Crippen MR) is 80.6 cm³/mol. The molecular weight excluding hydrogens is 317 g/mol. The minimum atomic E-state index is 0.316. The zero-order valence-corrected chi connectivity index (χ0v) is 14.5. The molecule has 0 aliphatic heterocycles. The quantitative estimate of drug-likeness (QED) is 0.529. The van der Waals surface area contributed by atoms with Crippen LogP contribution in [0.3, 0.4) is 0 Å². The Bertz CT molecular complexity index is 428. The van der Waals surface area contributed by atoms with E-state index in [1.165, 1.54) is 38.5 Å². The van der Waals surface area contributed by atoms with Gasteiger partial charge in [0.2, 0.25) is 0 Å². The predicted octanol–water partition coefficient (Wildman–Crippen LogP) is 5.88. The average Bonchev–Trinajstić information content (AvgIpc) is 3.01. The molecule has 19 heavy (non-hydrogen) atoms. The van der Waals surface area contributed by atoms with E-state index in [0.717, 1.165) is 0 Å². The molecule has 2 aliphatic carbocycles. The fourth-order valence-electron chi connectivity index (χ4n) is 3.11. The fraction of sp³-hybridized carbons (Fsp3) is 0.556. The Kier molecular flexibility index (Phi) is 5.40. The first-order chi connectivity index (χ1) is 9.24. The monoisotopic (exact) mass is 344 g/mol. The molecule has 106 valence electrons. The van der Waals surface area contributed by atoms with E-state index in [9.17, 15) is 0 Å². The van der Waals surface area contributed by atoms with Crippen LogP contribution in [0.25, 0.3) is 0 Å². The van der Waals surface area contributed by atoms with Crippen molar-refractivity contribution in [2.75, 3.05) is 0 Å². The van der Waals surface area contributed by atoms with Crippen LogP contribution >= 0.6 is 0 Å². The number of rotatable bonds is 6. The molecule has 0 bridgehead atoms. The van der Waals surface area contributed by atoms with Crippen LogP contribution in [0.1, 0.15) is 66.2 Å². The topological polar surface area (TPSA) is 0 Å². The maximum absolute atomic E-state index is 2.48. The van der Waals surface area contributed by atoms with E-state index < -0.39 is 0 Å². The Morgan fingerprint density at radius 1 is 0.737 bits per heavy atom. The summed E-state index contributed by atoms with van der Waals surface area (Å²) >= 11 is 0.316. The zero-order chi connectivity index (χ0) is 13.8. The molecule has 0 N–H and O–H groups in total. The second kappa shape index (κ2) is 6.84. The fourth-order valence-corrected chi connectivity index (χ4v) is 6.15. The molecule has 0 aromatic rings. The van der Waals surface area contributed by atoms with E-state index >= 15 is 0 Å². The van der Waals surface area contributed by atoms with Crippen LogP contribution in [0.4, 0.5) is 0 Å². The van der Waals surface area contributed by atoms with Crippen LogP contribution in [0.15, 0.2) is 42.8 Å². The third kappa shape index (κ3) is 3.02. The average molecular weight is 343 g/mol. The van der Waals surface area contributed by atoms with Crippen molar-refractivity contribution in [2.24, 2.45) is 0 Å². The molecule has 0 aromatic carbocycles. The molecule has 0 heterocycles. The Morgan fingerprint density at radius 2 is 1.16 bits per heavy atom. The van der Waals surface area contributed by atoms with Crippen molar-refractivity contribution in [3.63, 3.8) is 0 Å². The molecular formula is C18H26Ru. The first kappa shape index (κ1) is 15.0. The Morgan fingerprint density at radius 3 is 1.47 bits per heavy atom. The molecule has 0 saturated heterocycles. The first-order valence-corrected chi connectivity index (χ1v) is 9.44. The van der Waals surface area contributed by atoms with Crippen molar-refractivity contribution in [1.82, 2.24) is 0 Å². The van der Waals surface area contributed by atoms with Crippen LogP contribution in [-0.2, 0) is 17.1 Å². The summed E-state index contributed by atoms with van der Waals surface area (Å²) in [7, 11) is 0. The second-order valence-corrected chi connectivity index (χ2v) is 7.64. The summed E-state index contributed by atoms with van der Waals surface area (Å²) in [6.07, 6.45) is 12.3. The Hall–Kier alpha value is -0.417. The van der Waals surface area contributed by atoms with Gasteiger partial charge in [-0.1, -0.05) is 0 Å². The van der Waals surface area contributed by atoms with Gasteiger partial charge in [-0.15, -0.1) is 0 Å². The summed E-state index contributed by atoms with van der Waals surface area (Å²) in [5.41, 5.74) is 6.67. The molecule has 2 rings (SSSR count). The van der Waals surface area contributed by atoms with Gasteiger partial charge in [-0.05, 0) is 0 Å². The molecule has 0 fully saturated rings. The standard InChI is InChI=1S/2C9H13.Ru/c2*1-3-8-6-5-7-9(8)4-2;/h2*6H,3-5H2,1-2H3;. The van der Waals surface area contributed by atoms with Crippen LogP contribution in [-0.4, -0.2) is 0 Å². The minimum absolute atomic E-state index is 0.316. The van der Waals surface area contributed by atoms with Crippen LogP contribution < -0.4 is 0 Å². The van der Waals surface area contributed by atoms with Crippen molar-refractivity contribution >= 4 is 0 Å². The molecule has 0 aromatic heterocycles. The third-order valence-electron chi connectivity index (χ3n) is 4.14. The molecule has 1 heteroatoms. The summed E-state index contributed by atoms with van der Waals surface area (Å²) in [6.45, 7) is 9.24. The van der Waals surface area contributed by atoms with E-state index in [4.69, 9.17) is 0 Å². The van der Waals surface area contributed by atoms with Crippen LogP contribution in [0, 0.1) is 0 Å². The maximum atomic E-state index is 2.48. The number of allylic oxidation sites excluding steroid dienone is 8. The van der Waals surface area contributed by atoms with E-state index in [0.29, 0.717) is 17.1 Å². The Labute approximate surface area is 126 Å². The molecule has 2 aliphatic rings. The first-order valence-electron chi connectivity index (χ1n) is 7.70. The summed E-state index contributed by atoms with van der Waals surface area (Å²) in [5, 5.41) is 0. The molecule has 0 saturated carbocycles. The SMILES string of the molecule is CCC1=CC[C]([Ru][C]2=C(CC)C(CC)=CC2)=C1CC. The van der Waals surface area contributed by atoms with Crippen molar-refractivity contribution in [3.05, 3.63) is 42.8 Å². The summed E-state index contributed by atoms with van der Waals surface area (Å²) in [6, 6.07) is 0. The molecule has 0 unspecified atom stereocenters. The normalized spacial score (nSPS) is 19.6. The van der Waals surface area contributed by atoms with Crippen molar-refractivity contribution in [2.45, 2.75) is 66.2 Å². The van der Waals surface area contributed by atoms with Gasteiger partial charge in [0.25, 0.3) is 0 Å². The second-order valence-electron chi connectivity index (χ2n) is 5.11. The van der Waals surface area contributed by atoms with E-state index in [1.54, 1.807) is 30.6 Å². The van der Waals surface area contributed by atoms with Gasteiger partial charge in [-0.3, -0.25) is 0 Å². The summed E-state index contributed by atoms with van der Waals surface area (Å²) in [5.74, 6) is 0. The summed E-state index contributed by atoms with van der Waals surface area (Å²) < 4.78 is 3.58. The van der Waals surface area contributed by atoms with E-state index in [-0.39, 0.29) is 0 Å². The van der Waals surface area contributed by atoms with E-state index in [1.807, 2.05) is 0 Å². The Balaban J connectivity index is 2.19. The third-order valence-corrected chi connectivity index (χ3v) is 6.95. The molecule has 0 radical (unpaired) electrons. The van der Waals surface area contributed by atoms with Gasteiger partial charge in [-0.25, -0.2) is 0 Å². The van der Waals surface area contributed by atoms with E-state index in [2.05, 4.69) is 39.8 Å². The van der Waals surface area contributed by atoms with Gasteiger partial charge in [0.15, 0.2) is 0 Å². The summed E-state index contributed by atoms with van der Waals surface area (Å²) in [4.78, 5) is 0. The molecule has 0 spiro atoms. The van der Waals surface area contributed by atoms with Gasteiger partial charge >= 0.3 is 126 Å². The number of hydrogen-bond acceptors (Lipinski definition) is 0. The van der Waals surface area contributed by atoms with Gasteiger partial charge in [-0.2, -0.15) is 0 Å². The molecule has 0 nitrogen and oxygen atoms in total. The molecule has 0 amide bonds. The van der Waals surface area contributed by atoms with Gasteiger partial charge in [0.1, 0.15) is 0 Å². The van der Waals surface area contributed by atoms with Crippen molar-refractivity contribution in [1.29, 1.82) is 0 Å². The van der Waals surface area contributed by atoms with Crippen molar-refractivity contribution < 1.29 is 17.1 Å². The van der Waals surface area contributed by atoms with Crippen LogP contribution in [0.5, 0.6) is 0 Å². The van der Waals surface area contributed by atoms with Gasteiger partial charge in [0, 0.05) is 0 Å². The zero-order valence-electron chi connectivity index (χ0n) is 12.8. The van der Waals surface area contributed by atoms with Crippen molar-refractivity contribution in [3.8, 4) is 0 Å².